The van der Waals surface area contributed by atoms with Crippen molar-refractivity contribution in [3.63, 3.8) is 0 Å². The minimum atomic E-state index is -0.173. The Kier molecular flexibility index (Phi) is 6.71. The summed E-state index contributed by atoms with van der Waals surface area (Å²) >= 11 is 0. The number of fused-ring (bicyclic) bond motifs is 1. The maximum atomic E-state index is 13.0. The Morgan fingerprint density at radius 3 is 2.58 bits per heavy atom. The van der Waals surface area contributed by atoms with Crippen LogP contribution in [0.2, 0.25) is 0 Å². The summed E-state index contributed by atoms with van der Waals surface area (Å²) in [5.41, 5.74) is 10.8. The Morgan fingerprint density at radius 1 is 0.950 bits per heavy atom. The molecule has 4 heterocycles. The number of nitrogens with one attached hydrogen (secondary N) is 1. The second kappa shape index (κ2) is 10.7. The molecule has 2 saturated carbocycles. The van der Waals surface area contributed by atoms with Crippen LogP contribution in [-0.2, 0) is 0 Å². The molecule has 1 amide bonds. The minimum Gasteiger partial charge on any atom is -0.382 e. The molecule has 3 fully saturated rings. The van der Waals surface area contributed by atoms with Crippen molar-refractivity contribution in [3.05, 3.63) is 71.9 Å². The lowest BCUT2D eigenvalue weighted by atomic mass is 9.95. The Hall–Kier alpha value is -3.78. The predicted octanol–water partition coefficient (Wildman–Crippen LogP) is 5.87. The number of nitrogen functional groups attached to an aromatic ring is 1. The number of benzene rings is 1. The maximum Gasteiger partial charge on any atom is 0.256 e. The summed E-state index contributed by atoms with van der Waals surface area (Å²) in [6.07, 6.45) is 15.8. The van der Waals surface area contributed by atoms with Gasteiger partial charge in [0.2, 0.25) is 0 Å². The summed E-state index contributed by atoms with van der Waals surface area (Å²) in [6, 6.07) is 11.6. The normalized spacial score (nSPS) is 20.2. The number of carbonyl (C=O) groups excluding carboxylic acids is 1. The van der Waals surface area contributed by atoms with Crippen molar-refractivity contribution in [2.45, 2.75) is 63.2 Å². The third-order valence-electron chi connectivity index (χ3n) is 8.97. The molecular weight excluding hydrogens is 498 g/mol. The van der Waals surface area contributed by atoms with Crippen LogP contribution in [0.15, 0.2) is 55.0 Å². The fourth-order valence-corrected chi connectivity index (χ4v) is 6.72. The number of amides is 1. The summed E-state index contributed by atoms with van der Waals surface area (Å²) in [5, 5.41) is 2.95. The number of piperidine rings is 1. The number of hydrogen-bond acceptors (Lipinski definition) is 6. The lowest BCUT2D eigenvalue weighted by Gasteiger charge is -2.33. The molecule has 7 rings (SSSR count). The van der Waals surface area contributed by atoms with Crippen molar-refractivity contribution in [2.24, 2.45) is 5.92 Å². The summed E-state index contributed by atoms with van der Waals surface area (Å²) < 4.78 is 2.14. The van der Waals surface area contributed by atoms with Gasteiger partial charge in [0.15, 0.2) is 0 Å². The first kappa shape index (κ1) is 25.2. The van der Waals surface area contributed by atoms with Crippen molar-refractivity contribution < 1.29 is 4.79 Å². The molecule has 1 unspecified atom stereocenters. The highest BCUT2D eigenvalue weighted by Crippen LogP contribution is 2.40. The number of likely N-dealkylation sites (tertiary alicyclic amines) is 1. The third kappa shape index (κ3) is 5.08. The smallest absolute Gasteiger partial charge is 0.256 e. The first-order valence-corrected chi connectivity index (χ1v) is 14.8. The Morgan fingerprint density at radius 2 is 1.77 bits per heavy atom. The second-order valence-corrected chi connectivity index (χ2v) is 11.9. The molecule has 8 nitrogen and oxygen atoms in total. The molecule has 1 aliphatic heterocycles. The molecule has 1 atom stereocenters. The Balaban J connectivity index is 1.13. The monoisotopic (exact) mass is 535 g/mol. The van der Waals surface area contributed by atoms with Gasteiger partial charge in [-0.1, -0.05) is 25.0 Å². The van der Waals surface area contributed by atoms with E-state index in [2.05, 4.69) is 24.6 Å². The van der Waals surface area contributed by atoms with Crippen LogP contribution in [-0.4, -0.2) is 49.8 Å². The van der Waals surface area contributed by atoms with Crippen molar-refractivity contribution in [3.8, 4) is 11.3 Å². The molecule has 3 aromatic heterocycles. The molecule has 0 bridgehead atoms. The van der Waals surface area contributed by atoms with Gasteiger partial charge < -0.3 is 16.0 Å². The molecule has 3 N–H and O–H groups in total. The van der Waals surface area contributed by atoms with Gasteiger partial charge in [0, 0.05) is 48.7 Å². The summed E-state index contributed by atoms with van der Waals surface area (Å²) in [4.78, 5) is 29.5. The van der Waals surface area contributed by atoms with Gasteiger partial charge in [-0.25, -0.2) is 15.0 Å². The lowest BCUT2D eigenvalue weighted by Crippen LogP contribution is -2.37. The van der Waals surface area contributed by atoms with E-state index in [9.17, 15) is 4.79 Å². The molecule has 1 saturated heterocycles. The molecular formula is C32H37N7O. The van der Waals surface area contributed by atoms with E-state index < -0.39 is 0 Å². The van der Waals surface area contributed by atoms with Crippen LogP contribution in [0.4, 0.5) is 11.6 Å². The number of imidazole rings is 1. The number of nitrogens with zero attached hydrogens (tertiary/aromatic N) is 5. The molecule has 206 valence electrons. The van der Waals surface area contributed by atoms with E-state index in [0.29, 0.717) is 29.0 Å². The lowest BCUT2D eigenvalue weighted by molar-refractivity contribution is 0.102. The summed E-state index contributed by atoms with van der Waals surface area (Å²) in [6.45, 7) is 3.42. The number of aromatic nitrogens is 4. The first-order chi connectivity index (χ1) is 19.6. The maximum absolute atomic E-state index is 13.0. The minimum absolute atomic E-state index is 0.173. The van der Waals surface area contributed by atoms with Gasteiger partial charge in [0.1, 0.15) is 28.7 Å². The fourth-order valence-electron chi connectivity index (χ4n) is 6.72. The van der Waals surface area contributed by atoms with E-state index in [1.54, 1.807) is 12.4 Å². The van der Waals surface area contributed by atoms with Crippen LogP contribution in [0.5, 0.6) is 0 Å². The van der Waals surface area contributed by atoms with Crippen LogP contribution in [0, 0.1) is 5.92 Å². The largest absolute Gasteiger partial charge is 0.382 e. The zero-order valence-corrected chi connectivity index (χ0v) is 22.9. The number of anilines is 2. The van der Waals surface area contributed by atoms with E-state index in [0.717, 1.165) is 41.5 Å². The number of pyridine rings is 1. The highest BCUT2D eigenvalue weighted by Gasteiger charge is 2.29. The van der Waals surface area contributed by atoms with E-state index in [1.807, 2.05) is 42.6 Å². The van der Waals surface area contributed by atoms with Gasteiger partial charge in [-0.3, -0.25) is 9.20 Å². The zero-order valence-electron chi connectivity index (χ0n) is 22.9. The molecule has 8 heteroatoms. The molecule has 4 aromatic rings. The van der Waals surface area contributed by atoms with Gasteiger partial charge in [-0.05, 0) is 86.7 Å². The topological polar surface area (TPSA) is 101 Å². The van der Waals surface area contributed by atoms with Crippen molar-refractivity contribution in [1.29, 1.82) is 0 Å². The quantitative estimate of drug-likeness (QED) is 0.307. The Labute approximate surface area is 235 Å². The molecule has 0 radical (unpaired) electrons. The molecule has 40 heavy (non-hydrogen) atoms. The van der Waals surface area contributed by atoms with E-state index in [1.165, 1.54) is 63.6 Å². The standard InChI is InChI=1S/C32H37N7O/c33-30-29-28(23-9-11-24(12-10-23)32(40)36-27-18-25(13-14-34-27)22-7-8-22)37-31(39(29)17-15-35-30)26-6-3-16-38(20-26)19-21-4-1-2-5-21/h9-15,17-18,21-22,26H,1-8,16,19-20H2,(H2,33,35)(H,34,36,40). The fraction of sp³-hybridized carbons (Fsp3) is 0.438. The third-order valence-corrected chi connectivity index (χ3v) is 8.97. The molecule has 0 spiro atoms. The van der Waals surface area contributed by atoms with Gasteiger partial charge >= 0.3 is 0 Å². The average Bonchev–Trinajstić information content (AvgIpc) is 3.57. The van der Waals surface area contributed by atoms with Gasteiger partial charge in [0.25, 0.3) is 5.91 Å². The highest BCUT2D eigenvalue weighted by molar-refractivity contribution is 6.04. The molecule has 1 aromatic carbocycles. The molecule has 2 aliphatic carbocycles. The van der Waals surface area contributed by atoms with Gasteiger partial charge in [-0.2, -0.15) is 0 Å². The molecule has 3 aliphatic rings. The van der Waals surface area contributed by atoms with Crippen LogP contribution in [0.1, 0.15) is 84.9 Å². The number of nitrogens with two attached hydrogens (primary N) is 1. The van der Waals surface area contributed by atoms with E-state index in [4.69, 9.17) is 10.7 Å². The van der Waals surface area contributed by atoms with Crippen molar-refractivity contribution >= 4 is 23.1 Å². The predicted molar refractivity (Wildman–Crippen MR) is 157 cm³/mol. The number of carbonyl (C=O) groups is 1. The number of hydrogen-bond donors (Lipinski definition) is 2. The summed E-state index contributed by atoms with van der Waals surface area (Å²) in [5.74, 6) is 3.75. The Bertz CT molecular complexity index is 1520. The average molecular weight is 536 g/mol. The van der Waals surface area contributed by atoms with Crippen molar-refractivity contribution in [2.75, 3.05) is 30.7 Å². The highest BCUT2D eigenvalue weighted by atomic mass is 16.1. The first-order valence-electron chi connectivity index (χ1n) is 14.8. The second-order valence-electron chi connectivity index (χ2n) is 11.9. The van der Waals surface area contributed by atoms with E-state index >= 15 is 0 Å². The van der Waals surface area contributed by atoms with Crippen LogP contribution in [0.25, 0.3) is 16.8 Å². The summed E-state index contributed by atoms with van der Waals surface area (Å²) in [7, 11) is 0. The van der Waals surface area contributed by atoms with Gasteiger partial charge in [-0.15, -0.1) is 0 Å². The van der Waals surface area contributed by atoms with Crippen LogP contribution >= 0.6 is 0 Å². The number of rotatable bonds is 7. The van der Waals surface area contributed by atoms with E-state index in [-0.39, 0.29) is 5.91 Å². The zero-order chi connectivity index (χ0) is 27.1. The SMILES string of the molecule is Nc1nccn2c(C3CCCN(CC4CCCC4)C3)nc(-c3ccc(C(=O)Nc4cc(C5CC5)ccn4)cc3)c12. The van der Waals surface area contributed by atoms with Gasteiger partial charge in [0.05, 0.1) is 0 Å². The van der Waals surface area contributed by atoms with Crippen molar-refractivity contribution in [1.82, 2.24) is 24.3 Å². The van der Waals surface area contributed by atoms with Crippen LogP contribution in [0.3, 0.4) is 0 Å². The van der Waals surface area contributed by atoms with Crippen LogP contribution < -0.4 is 11.1 Å².